The van der Waals surface area contributed by atoms with Gasteiger partial charge in [0.2, 0.25) is 0 Å². The number of aliphatic hydroxyl groups is 1. The van der Waals surface area contributed by atoms with Gasteiger partial charge in [-0.25, -0.2) is 4.79 Å². The molecule has 0 aromatic heterocycles. The molecule has 2 aliphatic rings. The second-order valence-corrected chi connectivity index (χ2v) is 5.65. The lowest BCUT2D eigenvalue weighted by Gasteiger charge is -2.28. The van der Waals surface area contributed by atoms with Gasteiger partial charge in [0.15, 0.2) is 6.10 Å². The number of carbonyl (C=O) groups excluding carboxylic acids is 1. The van der Waals surface area contributed by atoms with Gasteiger partial charge in [0.1, 0.15) is 6.10 Å². The molecular weight excluding hydrogens is 230 g/mol. The standard InChI is InChI=1S/C14H23NO3/c1-9(2)12(16)13-11(15-14(17)18-13)8-10-6-4-3-5-7-10/h10-13,16H,1,3-8H2,2H3,(H,15,17)/t11-,12+,13+/m0/s1. The second-order valence-electron chi connectivity index (χ2n) is 5.65. The minimum atomic E-state index is -0.766. The van der Waals surface area contributed by atoms with Gasteiger partial charge in [0, 0.05) is 0 Å². The number of amides is 1. The highest BCUT2D eigenvalue weighted by Gasteiger charge is 2.40. The molecule has 1 heterocycles. The molecular formula is C14H23NO3. The summed E-state index contributed by atoms with van der Waals surface area (Å²) in [6.07, 6.45) is 5.57. The van der Waals surface area contributed by atoms with E-state index < -0.39 is 18.3 Å². The van der Waals surface area contributed by atoms with Gasteiger partial charge in [-0.15, -0.1) is 0 Å². The first kappa shape index (κ1) is 13.4. The molecule has 2 N–H and O–H groups in total. The Balaban J connectivity index is 1.95. The molecule has 4 nitrogen and oxygen atoms in total. The van der Waals surface area contributed by atoms with Crippen molar-refractivity contribution in [1.82, 2.24) is 5.32 Å². The van der Waals surface area contributed by atoms with Crippen molar-refractivity contribution in [2.24, 2.45) is 5.92 Å². The molecule has 0 unspecified atom stereocenters. The van der Waals surface area contributed by atoms with E-state index in [1.807, 2.05) is 0 Å². The molecule has 1 amide bonds. The van der Waals surface area contributed by atoms with E-state index in [4.69, 9.17) is 4.74 Å². The van der Waals surface area contributed by atoms with Crippen molar-refractivity contribution < 1.29 is 14.6 Å². The fourth-order valence-electron chi connectivity index (χ4n) is 3.01. The Bertz CT molecular complexity index is 323. The van der Waals surface area contributed by atoms with Crippen molar-refractivity contribution >= 4 is 6.09 Å². The molecule has 2 rings (SSSR count). The minimum Gasteiger partial charge on any atom is -0.441 e. The van der Waals surface area contributed by atoms with E-state index in [1.54, 1.807) is 6.92 Å². The van der Waals surface area contributed by atoms with E-state index >= 15 is 0 Å². The molecule has 0 radical (unpaired) electrons. The topological polar surface area (TPSA) is 58.6 Å². The number of rotatable bonds is 4. The maximum Gasteiger partial charge on any atom is 0.407 e. The molecule has 3 atom stereocenters. The van der Waals surface area contributed by atoms with Crippen LogP contribution in [0.3, 0.4) is 0 Å². The molecule has 1 aliphatic carbocycles. The lowest BCUT2D eigenvalue weighted by atomic mass is 9.83. The zero-order valence-electron chi connectivity index (χ0n) is 11.0. The van der Waals surface area contributed by atoms with Gasteiger partial charge in [0.25, 0.3) is 0 Å². The van der Waals surface area contributed by atoms with Gasteiger partial charge in [-0.2, -0.15) is 0 Å². The molecule has 0 spiro atoms. The predicted octanol–water partition coefficient (Wildman–Crippen LogP) is 2.37. The largest absolute Gasteiger partial charge is 0.441 e. The van der Waals surface area contributed by atoms with Crippen LogP contribution in [0.1, 0.15) is 45.4 Å². The Morgan fingerprint density at radius 1 is 1.50 bits per heavy atom. The SMILES string of the molecule is C=C(C)[C@@H](O)[C@@H]1OC(=O)N[C@H]1CC1CCCCC1. The summed E-state index contributed by atoms with van der Waals surface area (Å²) >= 11 is 0. The Morgan fingerprint density at radius 3 is 2.78 bits per heavy atom. The van der Waals surface area contributed by atoms with Crippen molar-refractivity contribution in [2.75, 3.05) is 0 Å². The maximum absolute atomic E-state index is 11.4. The number of aliphatic hydroxyl groups excluding tert-OH is 1. The molecule has 2 fully saturated rings. The van der Waals surface area contributed by atoms with Gasteiger partial charge in [-0.3, -0.25) is 0 Å². The van der Waals surface area contributed by atoms with E-state index in [2.05, 4.69) is 11.9 Å². The molecule has 0 aromatic rings. The normalized spacial score (nSPS) is 30.7. The third-order valence-electron chi connectivity index (χ3n) is 4.07. The third-order valence-corrected chi connectivity index (χ3v) is 4.07. The van der Waals surface area contributed by atoms with Crippen LogP contribution >= 0.6 is 0 Å². The summed E-state index contributed by atoms with van der Waals surface area (Å²) in [4.78, 5) is 11.4. The average molecular weight is 253 g/mol. The number of carbonyl (C=O) groups is 1. The van der Waals surface area contributed by atoms with Crippen molar-refractivity contribution in [3.63, 3.8) is 0 Å². The molecule has 1 aliphatic heterocycles. The number of alkyl carbamates (subject to hydrolysis) is 1. The fourth-order valence-corrected chi connectivity index (χ4v) is 3.01. The number of cyclic esters (lactones) is 1. The van der Waals surface area contributed by atoms with E-state index in [0.29, 0.717) is 11.5 Å². The van der Waals surface area contributed by atoms with Crippen LogP contribution in [-0.2, 0) is 4.74 Å². The molecule has 1 saturated carbocycles. The lowest BCUT2D eigenvalue weighted by molar-refractivity contribution is 0.0346. The van der Waals surface area contributed by atoms with E-state index in [0.717, 1.165) is 6.42 Å². The van der Waals surface area contributed by atoms with Gasteiger partial charge < -0.3 is 15.2 Å². The summed E-state index contributed by atoms with van der Waals surface area (Å²) < 4.78 is 5.18. The van der Waals surface area contributed by atoms with E-state index in [1.165, 1.54) is 32.1 Å². The summed E-state index contributed by atoms with van der Waals surface area (Å²) in [5.41, 5.74) is 0.644. The van der Waals surface area contributed by atoms with Crippen LogP contribution in [0.25, 0.3) is 0 Å². The minimum absolute atomic E-state index is 0.0766. The van der Waals surface area contributed by atoms with Crippen LogP contribution in [-0.4, -0.2) is 29.4 Å². The molecule has 1 saturated heterocycles. The van der Waals surface area contributed by atoms with Crippen molar-refractivity contribution in [2.45, 2.75) is 63.7 Å². The van der Waals surface area contributed by atoms with Crippen LogP contribution in [0.4, 0.5) is 4.79 Å². The number of hydrogen-bond acceptors (Lipinski definition) is 3. The zero-order valence-corrected chi connectivity index (χ0v) is 11.0. The Kier molecular flexibility index (Phi) is 4.27. The predicted molar refractivity (Wildman–Crippen MR) is 69.2 cm³/mol. The summed E-state index contributed by atoms with van der Waals surface area (Å²) in [5, 5.41) is 12.9. The summed E-state index contributed by atoms with van der Waals surface area (Å²) in [5.74, 6) is 0.644. The quantitative estimate of drug-likeness (QED) is 0.756. The van der Waals surface area contributed by atoms with Gasteiger partial charge in [-0.05, 0) is 24.8 Å². The fraction of sp³-hybridized carbons (Fsp3) is 0.786. The Labute approximate surface area is 108 Å². The van der Waals surface area contributed by atoms with Crippen LogP contribution in [0.2, 0.25) is 0 Å². The summed E-state index contributed by atoms with van der Waals surface area (Å²) in [6, 6.07) is -0.0766. The van der Waals surface area contributed by atoms with Crippen LogP contribution in [0.15, 0.2) is 12.2 Å². The second kappa shape index (κ2) is 5.74. The first-order chi connectivity index (χ1) is 8.58. The molecule has 0 bridgehead atoms. The smallest absolute Gasteiger partial charge is 0.407 e. The van der Waals surface area contributed by atoms with Crippen molar-refractivity contribution in [1.29, 1.82) is 0 Å². The zero-order chi connectivity index (χ0) is 13.1. The average Bonchev–Trinajstić information content (AvgIpc) is 2.70. The molecule has 102 valence electrons. The monoisotopic (exact) mass is 253 g/mol. The molecule has 0 aromatic carbocycles. The number of nitrogens with one attached hydrogen (secondary N) is 1. The maximum atomic E-state index is 11.4. The van der Waals surface area contributed by atoms with Crippen LogP contribution < -0.4 is 5.32 Å². The highest BCUT2D eigenvalue weighted by atomic mass is 16.6. The summed E-state index contributed by atoms with van der Waals surface area (Å²) in [6.45, 7) is 5.50. The molecule has 4 heteroatoms. The van der Waals surface area contributed by atoms with E-state index in [-0.39, 0.29) is 6.04 Å². The highest BCUT2D eigenvalue weighted by Crippen LogP contribution is 2.30. The Morgan fingerprint density at radius 2 is 2.17 bits per heavy atom. The van der Waals surface area contributed by atoms with Gasteiger partial charge in [-0.1, -0.05) is 38.7 Å². The van der Waals surface area contributed by atoms with Crippen molar-refractivity contribution in [3.8, 4) is 0 Å². The first-order valence-corrected chi connectivity index (χ1v) is 6.88. The lowest BCUT2D eigenvalue weighted by Crippen LogP contribution is -2.41. The van der Waals surface area contributed by atoms with Gasteiger partial charge >= 0.3 is 6.09 Å². The number of ether oxygens (including phenoxy) is 1. The molecule has 18 heavy (non-hydrogen) atoms. The third kappa shape index (κ3) is 3.05. The Hall–Kier alpha value is -1.03. The number of hydrogen-bond donors (Lipinski definition) is 2. The van der Waals surface area contributed by atoms with Gasteiger partial charge in [0.05, 0.1) is 6.04 Å². The summed E-state index contributed by atoms with van der Waals surface area (Å²) in [7, 11) is 0. The van der Waals surface area contributed by atoms with Crippen molar-refractivity contribution in [3.05, 3.63) is 12.2 Å². The van der Waals surface area contributed by atoms with E-state index in [9.17, 15) is 9.90 Å². The highest BCUT2D eigenvalue weighted by molar-refractivity contribution is 5.70. The van der Waals surface area contributed by atoms with Crippen LogP contribution in [0.5, 0.6) is 0 Å². The van der Waals surface area contributed by atoms with Crippen LogP contribution in [0, 0.1) is 5.92 Å². The first-order valence-electron chi connectivity index (χ1n) is 6.88.